The molecule has 0 aliphatic heterocycles. The Morgan fingerprint density at radius 2 is 1.78 bits per heavy atom. The molecule has 3 aromatic rings. The van der Waals surface area contributed by atoms with Crippen molar-refractivity contribution in [3.05, 3.63) is 83.4 Å². The average Bonchev–Trinajstić information content (AvgIpc) is 2.71. The van der Waals surface area contributed by atoms with E-state index in [1.54, 1.807) is 13.0 Å². The van der Waals surface area contributed by atoms with E-state index in [2.05, 4.69) is 0 Å². The van der Waals surface area contributed by atoms with E-state index in [4.69, 9.17) is 9.47 Å². The molecule has 0 saturated carbocycles. The topological polar surface area (TPSA) is 59.3 Å². The van der Waals surface area contributed by atoms with Gasteiger partial charge in [-0.2, -0.15) is 5.26 Å². The summed E-state index contributed by atoms with van der Waals surface area (Å²) < 4.78 is 11.0. The molecule has 0 amide bonds. The van der Waals surface area contributed by atoms with Crippen LogP contribution in [0.1, 0.15) is 18.1 Å². The fourth-order valence-corrected chi connectivity index (χ4v) is 2.78. The lowest BCUT2D eigenvalue weighted by Gasteiger charge is -2.13. The molecule has 3 aromatic carbocycles. The van der Waals surface area contributed by atoms with Crippen molar-refractivity contribution in [2.45, 2.75) is 13.5 Å². The molecule has 0 unspecified atom stereocenters. The van der Waals surface area contributed by atoms with Crippen molar-refractivity contribution >= 4 is 22.8 Å². The summed E-state index contributed by atoms with van der Waals surface area (Å²) in [4.78, 5) is 12.1. The molecule has 0 heterocycles. The van der Waals surface area contributed by atoms with Gasteiger partial charge in [-0.1, -0.05) is 60.7 Å². The summed E-state index contributed by atoms with van der Waals surface area (Å²) in [6.45, 7) is 2.31. The van der Waals surface area contributed by atoms with E-state index in [1.165, 1.54) is 0 Å². The predicted octanol–water partition coefficient (Wildman–Crippen LogP) is 4.89. The average molecular weight is 357 g/mol. The second kappa shape index (κ2) is 8.68. The van der Waals surface area contributed by atoms with Gasteiger partial charge in [0.2, 0.25) is 0 Å². The molecule has 0 aliphatic rings. The normalized spacial score (nSPS) is 11.0. The largest absolute Gasteiger partial charge is 0.488 e. The number of carbonyl (C=O) groups is 1. The zero-order valence-electron chi connectivity index (χ0n) is 15.0. The molecule has 4 heteroatoms. The fraction of sp³-hybridized carbons (Fsp3) is 0.130. The van der Waals surface area contributed by atoms with Crippen molar-refractivity contribution in [2.24, 2.45) is 0 Å². The number of ether oxygens (including phenoxy) is 2. The first-order valence-corrected chi connectivity index (χ1v) is 8.70. The van der Waals surface area contributed by atoms with Crippen LogP contribution in [0.25, 0.3) is 16.8 Å². The Bertz CT molecular complexity index is 1020. The van der Waals surface area contributed by atoms with Crippen molar-refractivity contribution in [1.82, 2.24) is 0 Å². The number of hydrogen-bond donors (Lipinski definition) is 0. The maximum absolute atomic E-state index is 12.1. The minimum atomic E-state index is -0.637. The molecule has 0 aliphatic carbocycles. The summed E-state index contributed by atoms with van der Waals surface area (Å²) in [6.07, 6.45) is 1.54. The summed E-state index contributed by atoms with van der Waals surface area (Å²) in [7, 11) is 0. The molecular formula is C23H19NO3. The van der Waals surface area contributed by atoms with Crippen LogP contribution in [-0.2, 0) is 16.1 Å². The Morgan fingerprint density at radius 1 is 1.04 bits per heavy atom. The standard InChI is InChI=1S/C23H19NO3/c1-2-26-23(25)19(15-24)14-21-20-11-7-6-10-18(20)12-13-22(21)27-16-17-8-4-3-5-9-17/h3-14H,2,16H2,1H3/b19-14+. The third-order valence-corrected chi connectivity index (χ3v) is 4.07. The van der Waals surface area contributed by atoms with Crippen LogP contribution in [0, 0.1) is 11.3 Å². The lowest BCUT2D eigenvalue weighted by molar-refractivity contribution is -0.137. The molecule has 0 spiro atoms. The van der Waals surface area contributed by atoms with Gasteiger partial charge in [-0.3, -0.25) is 0 Å². The van der Waals surface area contributed by atoms with Crippen molar-refractivity contribution in [1.29, 1.82) is 5.26 Å². The maximum Gasteiger partial charge on any atom is 0.348 e. The molecule has 0 aromatic heterocycles. The van der Waals surface area contributed by atoms with Crippen LogP contribution < -0.4 is 4.74 Å². The molecule has 0 bridgehead atoms. The van der Waals surface area contributed by atoms with E-state index in [0.29, 0.717) is 17.9 Å². The van der Waals surface area contributed by atoms with Gasteiger partial charge in [0.1, 0.15) is 24.0 Å². The van der Waals surface area contributed by atoms with E-state index in [0.717, 1.165) is 16.3 Å². The summed E-state index contributed by atoms with van der Waals surface area (Å²) in [5, 5.41) is 11.3. The molecule has 0 saturated heterocycles. The molecule has 0 atom stereocenters. The number of nitriles is 1. The number of carbonyl (C=O) groups excluding carboxylic acids is 1. The molecule has 0 N–H and O–H groups in total. The van der Waals surface area contributed by atoms with Crippen molar-refractivity contribution < 1.29 is 14.3 Å². The third kappa shape index (κ3) is 4.34. The first-order chi connectivity index (χ1) is 13.2. The van der Waals surface area contributed by atoms with Crippen LogP contribution in [0.5, 0.6) is 5.75 Å². The summed E-state index contributed by atoms with van der Waals surface area (Å²) in [5.41, 5.74) is 1.66. The number of rotatable bonds is 6. The first kappa shape index (κ1) is 18.2. The first-order valence-electron chi connectivity index (χ1n) is 8.70. The number of nitrogens with zero attached hydrogens (tertiary/aromatic N) is 1. The van der Waals surface area contributed by atoms with Crippen LogP contribution in [0.4, 0.5) is 0 Å². The summed E-state index contributed by atoms with van der Waals surface area (Å²) >= 11 is 0. The van der Waals surface area contributed by atoms with Gasteiger partial charge in [0.05, 0.1) is 6.61 Å². The highest BCUT2D eigenvalue weighted by atomic mass is 16.5. The Labute approximate surface area is 158 Å². The van der Waals surface area contributed by atoms with Crippen LogP contribution >= 0.6 is 0 Å². The van der Waals surface area contributed by atoms with Gasteiger partial charge in [0.15, 0.2) is 0 Å². The molecule has 0 fully saturated rings. The second-order valence-electron chi connectivity index (χ2n) is 5.86. The smallest absolute Gasteiger partial charge is 0.348 e. The predicted molar refractivity (Wildman–Crippen MR) is 105 cm³/mol. The highest BCUT2D eigenvalue weighted by molar-refractivity contribution is 6.02. The van der Waals surface area contributed by atoms with Crippen LogP contribution in [0.2, 0.25) is 0 Å². The minimum absolute atomic E-state index is 0.0576. The van der Waals surface area contributed by atoms with E-state index >= 15 is 0 Å². The van der Waals surface area contributed by atoms with E-state index in [1.807, 2.05) is 72.8 Å². The Balaban J connectivity index is 2.04. The lowest BCUT2D eigenvalue weighted by Crippen LogP contribution is -2.06. The minimum Gasteiger partial charge on any atom is -0.488 e. The van der Waals surface area contributed by atoms with E-state index in [9.17, 15) is 10.1 Å². The van der Waals surface area contributed by atoms with Crippen molar-refractivity contribution in [2.75, 3.05) is 6.61 Å². The Kier molecular flexibility index (Phi) is 5.86. The molecule has 4 nitrogen and oxygen atoms in total. The number of hydrogen-bond acceptors (Lipinski definition) is 4. The van der Waals surface area contributed by atoms with Crippen molar-refractivity contribution in [3.8, 4) is 11.8 Å². The number of fused-ring (bicyclic) bond motifs is 1. The fourth-order valence-electron chi connectivity index (χ4n) is 2.78. The van der Waals surface area contributed by atoms with Gasteiger partial charge < -0.3 is 9.47 Å². The number of esters is 1. The van der Waals surface area contributed by atoms with Gasteiger partial charge in [-0.15, -0.1) is 0 Å². The zero-order chi connectivity index (χ0) is 19.1. The zero-order valence-corrected chi connectivity index (χ0v) is 15.0. The Morgan fingerprint density at radius 3 is 2.52 bits per heavy atom. The summed E-state index contributed by atoms with van der Waals surface area (Å²) in [6, 6.07) is 23.3. The van der Waals surface area contributed by atoms with Crippen LogP contribution in [-0.4, -0.2) is 12.6 Å². The molecule has 27 heavy (non-hydrogen) atoms. The number of benzene rings is 3. The lowest BCUT2D eigenvalue weighted by atomic mass is 10.0. The van der Waals surface area contributed by atoms with E-state index in [-0.39, 0.29) is 12.2 Å². The highest BCUT2D eigenvalue weighted by Gasteiger charge is 2.14. The second-order valence-corrected chi connectivity index (χ2v) is 5.86. The van der Waals surface area contributed by atoms with Crippen LogP contribution in [0.3, 0.4) is 0 Å². The van der Waals surface area contributed by atoms with Gasteiger partial charge >= 0.3 is 5.97 Å². The monoisotopic (exact) mass is 357 g/mol. The van der Waals surface area contributed by atoms with E-state index < -0.39 is 5.97 Å². The SMILES string of the molecule is CCOC(=O)/C(C#N)=C/c1c(OCc2ccccc2)ccc2ccccc12. The molecule has 0 radical (unpaired) electrons. The third-order valence-electron chi connectivity index (χ3n) is 4.07. The van der Waals surface area contributed by atoms with Gasteiger partial charge in [-0.25, -0.2) is 4.79 Å². The van der Waals surface area contributed by atoms with Gasteiger partial charge in [-0.05, 0) is 35.4 Å². The quantitative estimate of drug-likeness (QED) is 0.358. The molecular weight excluding hydrogens is 338 g/mol. The highest BCUT2D eigenvalue weighted by Crippen LogP contribution is 2.31. The Hall–Kier alpha value is -3.58. The van der Waals surface area contributed by atoms with Crippen molar-refractivity contribution in [3.63, 3.8) is 0 Å². The van der Waals surface area contributed by atoms with Gasteiger partial charge in [0.25, 0.3) is 0 Å². The maximum atomic E-state index is 12.1. The van der Waals surface area contributed by atoms with Gasteiger partial charge in [0, 0.05) is 5.56 Å². The summed E-state index contributed by atoms with van der Waals surface area (Å²) in [5.74, 6) is -0.0310. The molecule has 3 rings (SSSR count). The van der Waals surface area contributed by atoms with Crippen LogP contribution in [0.15, 0.2) is 72.3 Å². The molecule has 134 valence electrons.